The van der Waals surface area contributed by atoms with Crippen LogP contribution in [0.25, 0.3) is 0 Å². The zero-order valence-corrected chi connectivity index (χ0v) is 8.12. The Labute approximate surface area is 86.0 Å². The second-order valence-electron chi connectivity index (χ2n) is 2.89. The second-order valence-corrected chi connectivity index (χ2v) is 2.89. The number of aliphatic imine (C=N–C) groups is 1. The van der Waals surface area contributed by atoms with Crippen LogP contribution in [0.3, 0.4) is 0 Å². The van der Waals surface area contributed by atoms with Crippen molar-refractivity contribution in [1.29, 1.82) is 0 Å². The van der Waals surface area contributed by atoms with Crippen LogP contribution in [0.4, 0.5) is 14.9 Å². The second kappa shape index (κ2) is 4.41. The van der Waals surface area contributed by atoms with E-state index in [4.69, 9.17) is 11.5 Å². The van der Waals surface area contributed by atoms with Gasteiger partial charge in [-0.2, -0.15) is 0 Å². The summed E-state index contributed by atoms with van der Waals surface area (Å²) < 4.78 is 13.2. The minimum Gasteiger partial charge on any atom is -0.369 e. The largest absolute Gasteiger partial charge is 0.369 e. The number of rotatable bonds is 1. The van der Waals surface area contributed by atoms with Crippen molar-refractivity contribution in [3.05, 3.63) is 29.6 Å². The number of urea groups is 1. The molecule has 0 aliphatic carbocycles. The van der Waals surface area contributed by atoms with Gasteiger partial charge in [0.1, 0.15) is 11.5 Å². The van der Waals surface area contributed by atoms with Crippen LogP contribution in [-0.4, -0.2) is 12.0 Å². The average molecular weight is 210 g/mol. The molecule has 0 fully saturated rings. The third-order valence-electron chi connectivity index (χ3n) is 1.67. The SMILES string of the molecule is Cc1cccc(F)c1N=C(N)NC(N)=O. The fourth-order valence-electron chi connectivity index (χ4n) is 1.04. The number of amides is 2. The van der Waals surface area contributed by atoms with E-state index in [-0.39, 0.29) is 11.6 Å². The van der Waals surface area contributed by atoms with Gasteiger partial charge < -0.3 is 11.5 Å². The highest BCUT2D eigenvalue weighted by atomic mass is 19.1. The number of nitrogens with one attached hydrogen (secondary N) is 1. The van der Waals surface area contributed by atoms with Gasteiger partial charge in [-0.25, -0.2) is 14.2 Å². The van der Waals surface area contributed by atoms with E-state index in [0.29, 0.717) is 5.56 Å². The molecule has 0 atom stereocenters. The molecule has 1 aromatic carbocycles. The molecule has 1 aromatic rings. The highest BCUT2D eigenvalue weighted by Crippen LogP contribution is 2.21. The Morgan fingerprint density at radius 2 is 2.13 bits per heavy atom. The molecular weight excluding hydrogens is 199 g/mol. The minimum absolute atomic E-state index is 0.0868. The van der Waals surface area contributed by atoms with Crippen LogP contribution in [-0.2, 0) is 0 Å². The highest BCUT2D eigenvalue weighted by molar-refractivity contribution is 5.95. The van der Waals surface area contributed by atoms with Crippen molar-refractivity contribution < 1.29 is 9.18 Å². The number of carbonyl (C=O) groups is 1. The predicted octanol–water partition coefficient (Wildman–Crippen LogP) is 0.749. The highest BCUT2D eigenvalue weighted by Gasteiger charge is 2.05. The molecule has 0 radical (unpaired) electrons. The molecule has 0 saturated carbocycles. The van der Waals surface area contributed by atoms with Crippen molar-refractivity contribution >= 4 is 17.7 Å². The van der Waals surface area contributed by atoms with Gasteiger partial charge in [0.15, 0.2) is 0 Å². The summed E-state index contributed by atoms with van der Waals surface area (Å²) in [5, 5.41) is 2.05. The van der Waals surface area contributed by atoms with Crippen molar-refractivity contribution in [2.45, 2.75) is 6.92 Å². The van der Waals surface area contributed by atoms with Gasteiger partial charge >= 0.3 is 6.03 Å². The first-order valence-corrected chi connectivity index (χ1v) is 4.16. The maximum absolute atomic E-state index is 13.2. The average Bonchev–Trinajstić information content (AvgIpc) is 2.10. The lowest BCUT2D eigenvalue weighted by Crippen LogP contribution is -2.40. The monoisotopic (exact) mass is 210 g/mol. The third kappa shape index (κ3) is 2.94. The number of hydrogen-bond acceptors (Lipinski definition) is 2. The fourth-order valence-corrected chi connectivity index (χ4v) is 1.04. The maximum Gasteiger partial charge on any atom is 0.318 e. The van der Waals surface area contributed by atoms with E-state index in [2.05, 4.69) is 4.99 Å². The van der Waals surface area contributed by atoms with Crippen molar-refractivity contribution in [1.82, 2.24) is 5.32 Å². The summed E-state index contributed by atoms with van der Waals surface area (Å²) in [6.45, 7) is 1.68. The van der Waals surface area contributed by atoms with Gasteiger partial charge in [-0.3, -0.25) is 5.32 Å². The molecule has 0 aromatic heterocycles. The van der Waals surface area contributed by atoms with Crippen LogP contribution >= 0.6 is 0 Å². The summed E-state index contributed by atoms with van der Waals surface area (Å²) >= 11 is 0. The van der Waals surface area contributed by atoms with Crippen molar-refractivity contribution in [2.75, 3.05) is 0 Å². The van der Waals surface area contributed by atoms with E-state index in [9.17, 15) is 9.18 Å². The summed E-state index contributed by atoms with van der Waals surface area (Å²) in [6.07, 6.45) is 0. The Hall–Kier alpha value is -2.11. The van der Waals surface area contributed by atoms with Crippen LogP contribution in [0.1, 0.15) is 5.56 Å². The first kappa shape index (κ1) is 11.0. The summed E-state index contributed by atoms with van der Waals surface area (Å²) in [4.78, 5) is 14.1. The Kier molecular flexibility index (Phi) is 3.22. The van der Waals surface area contributed by atoms with Gasteiger partial charge in [0.05, 0.1) is 0 Å². The number of nitrogens with two attached hydrogens (primary N) is 2. The van der Waals surface area contributed by atoms with E-state index >= 15 is 0 Å². The molecule has 15 heavy (non-hydrogen) atoms. The number of guanidine groups is 1. The Morgan fingerprint density at radius 1 is 1.47 bits per heavy atom. The number of halogens is 1. The van der Waals surface area contributed by atoms with Gasteiger partial charge in [0.25, 0.3) is 0 Å². The van der Waals surface area contributed by atoms with Crippen LogP contribution in [0.15, 0.2) is 23.2 Å². The Bertz CT molecular complexity index is 396. The normalized spacial score (nSPS) is 11.2. The van der Waals surface area contributed by atoms with E-state index in [1.54, 1.807) is 19.1 Å². The van der Waals surface area contributed by atoms with Gasteiger partial charge in [-0.1, -0.05) is 12.1 Å². The molecule has 0 aliphatic rings. The number of para-hydroxylation sites is 1. The van der Waals surface area contributed by atoms with E-state index < -0.39 is 11.8 Å². The summed E-state index contributed by atoms with van der Waals surface area (Å²) in [6, 6.07) is 3.65. The molecule has 0 spiro atoms. The number of benzene rings is 1. The van der Waals surface area contributed by atoms with Gasteiger partial charge in [-0.15, -0.1) is 0 Å². The third-order valence-corrected chi connectivity index (χ3v) is 1.67. The minimum atomic E-state index is -0.842. The number of aryl methyl sites for hydroxylation is 1. The van der Waals surface area contributed by atoms with Gasteiger partial charge in [-0.05, 0) is 18.6 Å². The van der Waals surface area contributed by atoms with Crippen LogP contribution < -0.4 is 16.8 Å². The molecule has 0 heterocycles. The molecular formula is C9H11FN4O. The van der Waals surface area contributed by atoms with Gasteiger partial charge in [0, 0.05) is 0 Å². The maximum atomic E-state index is 13.2. The molecule has 0 unspecified atom stereocenters. The van der Waals surface area contributed by atoms with Crippen molar-refractivity contribution in [3.63, 3.8) is 0 Å². The number of hydrogen-bond donors (Lipinski definition) is 3. The summed E-state index contributed by atoms with van der Waals surface area (Å²) in [5.41, 5.74) is 10.8. The molecule has 0 aliphatic heterocycles. The van der Waals surface area contributed by atoms with E-state index in [1.807, 2.05) is 5.32 Å². The predicted molar refractivity (Wildman–Crippen MR) is 55.1 cm³/mol. The fraction of sp³-hybridized carbons (Fsp3) is 0.111. The zero-order chi connectivity index (χ0) is 11.4. The van der Waals surface area contributed by atoms with Crippen molar-refractivity contribution in [3.8, 4) is 0 Å². The lowest BCUT2D eigenvalue weighted by atomic mass is 10.2. The Balaban J connectivity index is 3.02. The van der Waals surface area contributed by atoms with Gasteiger partial charge in [0.2, 0.25) is 5.96 Å². The van der Waals surface area contributed by atoms with Crippen LogP contribution in [0.2, 0.25) is 0 Å². The lowest BCUT2D eigenvalue weighted by Gasteiger charge is -2.03. The first-order valence-electron chi connectivity index (χ1n) is 4.16. The topological polar surface area (TPSA) is 93.5 Å². The van der Waals surface area contributed by atoms with E-state index in [0.717, 1.165) is 0 Å². The van der Waals surface area contributed by atoms with Crippen LogP contribution in [0.5, 0.6) is 0 Å². The van der Waals surface area contributed by atoms with Crippen LogP contribution in [0, 0.1) is 12.7 Å². The van der Waals surface area contributed by atoms with Crippen molar-refractivity contribution in [2.24, 2.45) is 16.5 Å². The Morgan fingerprint density at radius 3 is 2.67 bits per heavy atom. The lowest BCUT2D eigenvalue weighted by molar-refractivity contribution is 0.253. The molecule has 5 N–H and O–H groups in total. The molecule has 80 valence electrons. The summed E-state index contributed by atoms with van der Waals surface area (Å²) in [7, 11) is 0. The van der Waals surface area contributed by atoms with E-state index in [1.165, 1.54) is 6.07 Å². The molecule has 5 nitrogen and oxygen atoms in total. The first-order chi connectivity index (χ1) is 7.00. The number of carbonyl (C=O) groups excluding carboxylic acids is 1. The quantitative estimate of drug-likeness (QED) is 0.471. The molecule has 2 amide bonds. The summed E-state index contributed by atoms with van der Waals surface area (Å²) in [5.74, 6) is -0.750. The number of primary amides is 1. The number of nitrogens with zero attached hydrogens (tertiary/aromatic N) is 1. The molecule has 0 bridgehead atoms. The molecule has 1 rings (SSSR count). The zero-order valence-electron chi connectivity index (χ0n) is 8.12. The smallest absolute Gasteiger partial charge is 0.318 e. The molecule has 0 saturated heterocycles. The standard InChI is InChI=1S/C9H11FN4O/c1-5-3-2-4-6(10)7(5)13-8(11)14-9(12)15/h2-4H,1H3,(H5,11,12,13,14,15). The molecule has 6 heteroatoms.